The molecule has 0 saturated carbocycles. The molecule has 0 radical (unpaired) electrons. The van der Waals surface area contributed by atoms with Crippen LogP contribution < -0.4 is 9.47 Å². The zero-order chi connectivity index (χ0) is 16.4. The maximum Gasteiger partial charge on any atom is 0.364 e. The van der Waals surface area contributed by atoms with E-state index < -0.39 is 0 Å². The Hall–Kier alpha value is -1.77. The van der Waals surface area contributed by atoms with Crippen molar-refractivity contribution in [3.63, 3.8) is 0 Å². The van der Waals surface area contributed by atoms with E-state index in [2.05, 4.69) is 99.3 Å². The summed E-state index contributed by atoms with van der Waals surface area (Å²) < 4.78 is 4.69. The van der Waals surface area contributed by atoms with Gasteiger partial charge in [0.1, 0.15) is 5.69 Å². The molecule has 0 spiro atoms. The minimum atomic E-state index is 0.434. The Bertz CT molecular complexity index is 598. The fourth-order valence-corrected chi connectivity index (χ4v) is 2.95. The van der Waals surface area contributed by atoms with Crippen LogP contribution in [0.4, 0.5) is 11.6 Å². The van der Waals surface area contributed by atoms with Crippen molar-refractivity contribution in [2.24, 2.45) is 0 Å². The Morgan fingerprint density at radius 1 is 1.00 bits per heavy atom. The van der Waals surface area contributed by atoms with Crippen molar-refractivity contribution >= 4 is 11.6 Å². The highest BCUT2D eigenvalue weighted by atomic mass is 15.4. The van der Waals surface area contributed by atoms with Crippen molar-refractivity contribution in [3.05, 3.63) is 42.2 Å². The van der Waals surface area contributed by atoms with Crippen molar-refractivity contribution in [1.29, 1.82) is 0 Å². The third-order valence-electron chi connectivity index (χ3n) is 4.18. The maximum atomic E-state index is 2.34. The highest BCUT2D eigenvalue weighted by molar-refractivity contribution is 5.61. The lowest BCUT2D eigenvalue weighted by molar-refractivity contribution is -0.703. The van der Waals surface area contributed by atoms with Gasteiger partial charge in [0.05, 0.1) is 31.5 Å². The van der Waals surface area contributed by atoms with Crippen molar-refractivity contribution in [2.45, 2.75) is 59.5 Å². The molecular weight excluding hydrogens is 270 g/mol. The molecule has 0 unspecified atom stereocenters. The van der Waals surface area contributed by atoms with Crippen LogP contribution in [0.3, 0.4) is 0 Å². The van der Waals surface area contributed by atoms with Gasteiger partial charge < -0.3 is 0 Å². The molecule has 3 nitrogen and oxygen atoms in total. The normalized spacial score (nSPS) is 11.7. The third kappa shape index (κ3) is 3.03. The number of anilines is 2. The summed E-state index contributed by atoms with van der Waals surface area (Å²) >= 11 is 0. The minimum absolute atomic E-state index is 0.434. The summed E-state index contributed by atoms with van der Waals surface area (Å²) in [6, 6.07) is 9.58. The molecular formula is C19H30N3+. The molecule has 3 heteroatoms. The molecule has 1 heterocycles. The number of benzene rings is 1. The average molecular weight is 300 g/mol. The number of para-hydroxylation sites is 1. The molecule has 0 aliphatic carbocycles. The van der Waals surface area contributed by atoms with Crippen molar-refractivity contribution in [2.75, 3.05) is 11.9 Å². The average Bonchev–Trinajstić information content (AvgIpc) is 2.91. The highest BCUT2D eigenvalue weighted by Gasteiger charge is 2.27. The van der Waals surface area contributed by atoms with Crippen LogP contribution in [0.15, 0.2) is 36.7 Å². The Morgan fingerprint density at radius 2 is 1.64 bits per heavy atom. The van der Waals surface area contributed by atoms with Crippen molar-refractivity contribution in [3.8, 4) is 0 Å². The van der Waals surface area contributed by atoms with Gasteiger partial charge in [-0.3, -0.25) is 0 Å². The Labute approximate surface area is 135 Å². The number of hydrogen-bond donors (Lipinski definition) is 0. The number of nitrogens with zero attached hydrogens (tertiary/aromatic N) is 3. The summed E-state index contributed by atoms with van der Waals surface area (Å²) in [5, 5.41) is 0. The number of aromatic nitrogens is 2. The van der Waals surface area contributed by atoms with E-state index in [1.54, 1.807) is 0 Å². The molecule has 0 amide bonds. The van der Waals surface area contributed by atoms with Gasteiger partial charge in [0, 0.05) is 0 Å². The maximum absolute atomic E-state index is 2.34. The van der Waals surface area contributed by atoms with Crippen LogP contribution in [-0.2, 0) is 0 Å². The van der Waals surface area contributed by atoms with Gasteiger partial charge in [0.25, 0.3) is 0 Å². The molecule has 0 N–H and O–H groups in total. The van der Waals surface area contributed by atoms with E-state index >= 15 is 0 Å². The molecule has 120 valence electrons. The summed E-state index contributed by atoms with van der Waals surface area (Å²) in [5.74, 6) is 1.74. The first-order valence-electron chi connectivity index (χ1n) is 8.29. The summed E-state index contributed by atoms with van der Waals surface area (Å²) in [4.78, 5) is 2.33. The molecule has 2 rings (SSSR count). The van der Waals surface area contributed by atoms with Crippen LogP contribution in [0, 0.1) is 0 Å². The van der Waals surface area contributed by atoms with E-state index in [1.807, 2.05) is 0 Å². The predicted octanol–water partition coefficient (Wildman–Crippen LogP) is 4.83. The molecule has 0 atom stereocenters. The Morgan fingerprint density at radius 3 is 2.18 bits per heavy atom. The fourth-order valence-electron chi connectivity index (χ4n) is 2.95. The van der Waals surface area contributed by atoms with Crippen LogP contribution in [-0.4, -0.2) is 11.6 Å². The van der Waals surface area contributed by atoms with Crippen LogP contribution in [0.2, 0.25) is 0 Å². The van der Waals surface area contributed by atoms with Gasteiger partial charge in [-0.1, -0.05) is 32.0 Å². The van der Waals surface area contributed by atoms with Crippen molar-refractivity contribution in [1.82, 2.24) is 4.57 Å². The molecule has 2 aromatic rings. The van der Waals surface area contributed by atoms with Gasteiger partial charge in [-0.15, -0.1) is 0 Å². The Kier molecular flexibility index (Phi) is 4.94. The highest BCUT2D eigenvalue weighted by Crippen LogP contribution is 2.31. The second kappa shape index (κ2) is 6.55. The lowest BCUT2D eigenvalue weighted by Gasteiger charge is -2.22. The van der Waals surface area contributed by atoms with Crippen molar-refractivity contribution < 1.29 is 4.57 Å². The van der Waals surface area contributed by atoms with Gasteiger partial charge in [0.2, 0.25) is 0 Å². The zero-order valence-corrected chi connectivity index (χ0v) is 15.0. The number of hydrogen-bond acceptors (Lipinski definition) is 1. The van der Waals surface area contributed by atoms with Crippen LogP contribution in [0.1, 0.15) is 65.1 Å². The fraction of sp³-hybridized carbons (Fsp3) is 0.526. The zero-order valence-electron chi connectivity index (χ0n) is 15.0. The second-order valence-corrected chi connectivity index (χ2v) is 6.87. The molecule has 0 aliphatic rings. The standard InChI is InChI=1S/C19H30N3/c1-14(2)17-10-8-9-11-18(17)20(7)19-21(15(3)4)12-13-22(19)16(5)6/h8-16H,1-7H3/q+1. The smallest absolute Gasteiger partial charge is 0.234 e. The third-order valence-corrected chi connectivity index (χ3v) is 4.18. The van der Waals surface area contributed by atoms with E-state index in [-0.39, 0.29) is 0 Å². The molecule has 1 aromatic heterocycles. The van der Waals surface area contributed by atoms with E-state index in [0.717, 1.165) is 0 Å². The van der Waals surface area contributed by atoms with Crippen LogP contribution in [0.25, 0.3) is 0 Å². The summed E-state index contributed by atoms with van der Waals surface area (Å²) in [6.45, 7) is 13.4. The lowest BCUT2D eigenvalue weighted by Crippen LogP contribution is -2.41. The molecule has 0 fully saturated rings. The first-order chi connectivity index (χ1) is 10.3. The summed E-state index contributed by atoms with van der Waals surface area (Å²) in [5.41, 5.74) is 2.67. The van der Waals surface area contributed by atoms with Gasteiger partial charge in [-0.2, -0.15) is 0 Å². The largest absolute Gasteiger partial charge is 0.364 e. The van der Waals surface area contributed by atoms with Crippen LogP contribution in [0.5, 0.6) is 0 Å². The molecule has 1 aromatic carbocycles. The number of imidazole rings is 1. The van der Waals surface area contributed by atoms with Crippen LogP contribution >= 0.6 is 0 Å². The topological polar surface area (TPSA) is 12.1 Å². The molecule has 0 saturated heterocycles. The van der Waals surface area contributed by atoms with E-state index in [1.165, 1.54) is 17.2 Å². The molecule has 0 aliphatic heterocycles. The van der Waals surface area contributed by atoms with Gasteiger partial charge in [-0.25, -0.2) is 14.0 Å². The first kappa shape index (κ1) is 16.6. The monoisotopic (exact) mass is 300 g/mol. The summed E-state index contributed by atoms with van der Waals surface area (Å²) in [7, 11) is 2.17. The number of rotatable bonds is 5. The second-order valence-electron chi connectivity index (χ2n) is 6.87. The predicted molar refractivity (Wildman–Crippen MR) is 94.0 cm³/mol. The van der Waals surface area contributed by atoms with Gasteiger partial charge >= 0.3 is 5.95 Å². The molecule has 0 bridgehead atoms. The first-order valence-corrected chi connectivity index (χ1v) is 8.29. The summed E-state index contributed by atoms with van der Waals surface area (Å²) in [6.07, 6.45) is 4.38. The minimum Gasteiger partial charge on any atom is -0.234 e. The quantitative estimate of drug-likeness (QED) is 0.720. The lowest BCUT2D eigenvalue weighted by atomic mass is 10.0. The SMILES string of the molecule is CC(C)c1ccccc1N(C)c1n(C(C)C)cc[n+]1C(C)C. The van der Waals surface area contributed by atoms with Gasteiger partial charge in [0.15, 0.2) is 0 Å². The van der Waals surface area contributed by atoms with Gasteiger partial charge in [-0.05, 0) is 45.2 Å². The molecule has 22 heavy (non-hydrogen) atoms. The Balaban J connectivity index is 2.58. The van der Waals surface area contributed by atoms with E-state index in [9.17, 15) is 0 Å². The van der Waals surface area contributed by atoms with E-state index in [4.69, 9.17) is 0 Å². The van der Waals surface area contributed by atoms with E-state index in [0.29, 0.717) is 18.0 Å².